The van der Waals surface area contributed by atoms with Crippen LogP contribution in [-0.2, 0) is 4.79 Å². The van der Waals surface area contributed by atoms with Gasteiger partial charge < -0.3 is 15.8 Å². The van der Waals surface area contributed by atoms with Crippen LogP contribution in [0.5, 0.6) is 0 Å². The molecule has 0 radical (unpaired) electrons. The van der Waals surface area contributed by atoms with Gasteiger partial charge in [0.05, 0.1) is 0 Å². The second kappa shape index (κ2) is 6.55. The van der Waals surface area contributed by atoms with E-state index in [1.165, 1.54) is 24.0 Å². The lowest BCUT2D eigenvalue weighted by Gasteiger charge is -2.22. The molecule has 1 rings (SSSR count). The number of aromatic nitrogens is 2. The van der Waals surface area contributed by atoms with Crippen LogP contribution in [0.2, 0.25) is 0 Å². The summed E-state index contributed by atoms with van der Waals surface area (Å²) >= 11 is 1.38. The molecule has 1 unspecified atom stereocenters. The zero-order valence-electron chi connectivity index (χ0n) is 10.2. The first-order valence-corrected chi connectivity index (χ1v) is 6.67. The summed E-state index contributed by atoms with van der Waals surface area (Å²) in [4.78, 5) is 28.6. The molecule has 7 heteroatoms. The molecule has 100 valence electrons. The van der Waals surface area contributed by atoms with Crippen LogP contribution in [0.25, 0.3) is 0 Å². The number of H-pyrrole nitrogens is 1. The highest BCUT2D eigenvalue weighted by Crippen LogP contribution is 2.18. The maximum atomic E-state index is 11.0. The zero-order chi connectivity index (χ0) is 13.6. The number of hydrogen-bond acceptors (Lipinski definition) is 5. The average molecular weight is 271 g/mol. The van der Waals surface area contributed by atoms with Crippen molar-refractivity contribution in [3.8, 4) is 0 Å². The Morgan fingerprint density at radius 3 is 2.94 bits per heavy atom. The molecule has 0 aliphatic heterocycles. The minimum atomic E-state index is -1.15. The van der Waals surface area contributed by atoms with E-state index in [-0.39, 0.29) is 5.56 Å². The Kier molecular flexibility index (Phi) is 5.36. The third-order valence-electron chi connectivity index (χ3n) is 2.71. The number of nitrogens with zero attached hydrogens (tertiary/aromatic N) is 1. The molecule has 0 spiro atoms. The molecule has 0 amide bonds. The molecule has 0 saturated heterocycles. The first kappa shape index (κ1) is 14.7. The van der Waals surface area contributed by atoms with Crippen LogP contribution in [-0.4, -0.2) is 32.3 Å². The van der Waals surface area contributed by atoms with Gasteiger partial charge in [0.1, 0.15) is 5.54 Å². The van der Waals surface area contributed by atoms with E-state index in [0.717, 1.165) is 0 Å². The van der Waals surface area contributed by atoms with Crippen LogP contribution in [0.3, 0.4) is 0 Å². The molecule has 1 aromatic rings. The number of aromatic amines is 1. The lowest BCUT2D eigenvalue weighted by molar-refractivity contribution is -0.143. The number of rotatable bonds is 7. The second-order valence-corrected chi connectivity index (χ2v) is 5.09. The quantitative estimate of drug-likeness (QED) is 0.385. The standard InChI is InChI=1S/C11H17N3O3S/c1-2-11(12,9(16)17)5-3-7-18-10-13-6-4-8(15)14-10/h4,6H,2-3,5,7,12H2,1H3,(H,16,17)(H,13,14,15). The minimum absolute atomic E-state index is 0.195. The SMILES string of the molecule is CCC(N)(CCCSc1nccc(=O)[nH]1)C(=O)O. The number of carboxylic acids is 1. The fourth-order valence-corrected chi connectivity index (χ4v) is 2.21. The van der Waals surface area contributed by atoms with Crippen LogP contribution >= 0.6 is 11.8 Å². The smallest absolute Gasteiger partial charge is 0.323 e. The van der Waals surface area contributed by atoms with E-state index in [0.29, 0.717) is 30.2 Å². The number of thioether (sulfide) groups is 1. The molecule has 0 bridgehead atoms. The van der Waals surface area contributed by atoms with Gasteiger partial charge in [0.15, 0.2) is 5.16 Å². The van der Waals surface area contributed by atoms with Crippen LogP contribution in [0.4, 0.5) is 0 Å². The van der Waals surface area contributed by atoms with E-state index in [2.05, 4.69) is 9.97 Å². The van der Waals surface area contributed by atoms with Gasteiger partial charge >= 0.3 is 5.97 Å². The van der Waals surface area contributed by atoms with Crippen molar-refractivity contribution >= 4 is 17.7 Å². The van der Waals surface area contributed by atoms with Crippen molar-refractivity contribution in [2.45, 2.75) is 36.9 Å². The fraction of sp³-hybridized carbons (Fsp3) is 0.545. The van der Waals surface area contributed by atoms with E-state index >= 15 is 0 Å². The van der Waals surface area contributed by atoms with E-state index in [1.807, 2.05) is 0 Å². The Labute approximate surface area is 109 Å². The predicted octanol–water partition coefficient (Wildman–Crippen LogP) is 0.834. The average Bonchev–Trinajstić information content (AvgIpc) is 2.34. The van der Waals surface area contributed by atoms with Gasteiger partial charge in [-0.2, -0.15) is 0 Å². The summed E-state index contributed by atoms with van der Waals surface area (Å²) in [5.41, 5.74) is 4.41. The molecule has 0 aliphatic carbocycles. The molecule has 0 fully saturated rings. The van der Waals surface area contributed by atoms with E-state index in [1.54, 1.807) is 6.92 Å². The van der Waals surface area contributed by atoms with Gasteiger partial charge in [0.2, 0.25) is 0 Å². The summed E-state index contributed by atoms with van der Waals surface area (Å²) in [7, 11) is 0. The van der Waals surface area contributed by atoms with Gasteiger partial charge in [-0.1, -0.05) is 18.7 Å². The molecule has 1 aromatic heterocycles. The predicted molar refractivity (Wildman–Crippen MR) is 69.7 cm³/mol. The number of nitrogens with one attached hydrogen (secondary N) is 1. The van der Waals surface area contributed by atoms with Crippen molar-refractivity contribution in [1.29, 1.82) is 0 Å². The molecule has 18 heavy (non-hydrogen) atoms. The fourth-order valence-electron chi connectivity index (χ4n) is 1.42. The highest BCUT2D eigenvalue weighted by Gasteiger charge is 2.30. The van der Waals surface area contributed by atoms with Gasteiger partial charge in [0, 0.05) is 18.0 Å². The van der Waals surface area contributed by atoms with E-state index < -0.39 is 11.5 Å². The van der Waals surface area contributed by atoms with E-state index in [9.17, 15) is 9.59 Å². The summed E-state index contributed by atoms with van der Waals surface area (Å²) in [6.07, 6.45) is 2.90. The molecular formula is C11H17N3O3S. The van der Waals surface area contributed by atoms with Crippen molar-refractivity contribution in [3.05, 3.63) is 22.6 Å². The van der Waals surface area contributed by atoms with E-state index in [4.69, 9.17) is 10.8 Å². The summed E-state index contributed by atoms with van der Waals surface area (Å²) in [6, 6.07) is 1.34. The van der Waals surface area contributed by atoms with Crippen LogP contribution in [0.15, 0.2) is 22.2 Å². The van der Waals surface area contributed by atoms with Gasteiger partial charge in [-0.15, -0.1) is 0 Å². The van der Waals surface area contributed by atoms with Gasteiger partial charge in [-0.25, -0.2) is 4.98 Å². The number of carboxylic acid groups (broad SMARTS) is 1. The lowest BCUT2D eigenvalue weighted by Crippen LogP contribution is -2.47. The molecular weight excluding hydrogens is 254 g/mol. The van der Waals surface area contributed by atoms with Crippen LogP contribution in [0, 0.1) is 0 Å². The largest absolute Gasteiger partial charge is 0.480 e. The van der Waals surface area contributed by atoms with Crippen LogP contribution in [0.1, 0.15) is 26.2 Å². The van der Waals surface area contributed by atoms with Gasteiger partial charge in [-0.05, 0) is 19.3 Å². The number of hydrogen-bond donors (Lipinski definition) is 3. The summed E-state index contributed by atoms with van der Waals surface area (Å²) in [5, 5.41) is 9.53. The molecule has 6 nitrogen and oxygen atoms in total. The molecule has 1 heterocycles. The Hall–Kier alpha value is -1.34. The monoisotopic (exact) mass is 271 g/mol. The number of nitrogens with two attached hydrogens (primary N) is 1. The zero-order valence-corrected chi connectivity index (χ0v) is 11.0. The Bertz CT molecular complexity index is 463. The Morgan fingerprint density at radius 1 is 1.67 bits per heavy atom. The summed E-state index contributed by atoms with van der Waals surface area (Å²) < 4.78 is 0. The summed E-state index contributed by atoms with van der Waals surface area (Å²) in [6.45, 7) is 1.76. The molecule has 0 aliphatic rings. The first-order chi connectivity index (χ1) is 8.48. The van der Waals surface area contributed by atoms with Crippen LogP contribution < -0.4 is 11.3 Å². The maximum Gasteiger partial charge on any atom is 0.323 e. The van der Waals surface area contributed by atoms with Crippen molar-refractivity contribution in [2.75, 3.05) is 5.75 Å². The molecule has 0 saturated carbocycles. The highest BCUT2D eigenvalue weighted by molar-refractivity contribution is 7.99. The highest BCUT2D eigenvalue weighted by atomic mass is 32.2. The topological polar surface area (TPSA) is 109 Å². The van der Waals surface area contributed by atoms with Crippen molar-refractivity contribution in [1.82, 2.24) is 9.97 Å². The lowest BCUT2D eigenvalue weighted by atomic mass is 9.92. The molecule has 0 aromatic carbocycles. The Morgan fingerprint density at radius 2 is 2.39 bits per heavy atom. The number of carbonyl (C=O) groups is 1. The van der Waals surface area contributed by atoms with Gasteiger partial charge in [-0.3, -0.25) is 9.59 Å². The third-order valence-corrected chi connectivity index (χ3v) is 3.68. The molecule has 4 N–H and O–H groups in total. The second-order valence-electron chi connectivity index (χ2n) is 4.01. The summed E-state index contributed by atoms with van der Waals surface area (Å²) in [5.74, 6) is -0.305. The third kappa shape index (κ3) is 4.15. The van der Waals surface area contributed by atoms with Crippen molar-refractivity contribution in [3.63, 3.8) is 0 Å². The Balaban J connectivity index is 2.39. The first-order valence-electron chi connectivity index (χ1n) is 5.68. The van der Waals surface area contributed by atoms with Gasteiger partial charge in [0.25, 0.3) is 5.56 Å². The minimum Gasteiger partial charge on any atom is -0.480 e. The van der Waals surface area contributed by atoms with Crippen molar-refractivity contribution < 1.29 is 9.90 Å². The molecule has 1 atom stereocenters. The van der Waals surface area contributed by atoms with Crippen molar-refractivity contribution in [2.24, 2.45) is 5.73 Å². The normalized spacial score (nSPS) is 14.1. The maximum absolute atomic E-state index is 11.0. The number of aliphatic carboxylic acids is 1.